The van der Waals surface area contributed by atoms with Gasteiger partial charge < -0.3 is 10.3 Å². The smallest absolute Gasteiger partial charge is 0.268 e. The van der Waals surface area contributed by atoms with Crippen molar-refractivity contribution in [1.82, 2.24) is 10.3 Å². The van der Waals surface area contributed by atoms with Crippen molar-refractivity contribution in [3.05, 3.63) is 82.5 Å². The van der Waals surface area contributed by atoms with Gasteiger partial charge in [-0.25, -0.2) is 8.42 Å². The Kier molecular flexibility index (Phi) is 6.30. The lowest BCUT2D eigenvalue weighted by molar-refractivity contribution is 0.0946. The third-order valence-electron chi connectivity index (χ3n) is 4.40. The minimum absolute atomic E-state index is 0.158. The largest absolute Gasteiger partial charge is 0.347 e. The Morgan fingerprint density at radius 1 is 1.00 bits per heavy atom. The van der Waals surface area contributed by atoms with Crippen LogP contribution in [0.4, 0.5) is 5.82 Å². The van der Waals surface area contributed by atoms with Crippen LogP contribution in [-0.4, -0.2) is 19.3 Å². The van der Waals surface area contributed by atoms with Gasteiger partial charge in [-0.05, 0) is 53.4 Å². The molecule has 0 saturated carbocycles. The molecule has 1 amide bonds. The first-order valence-corrected chi connectivity index (χ1v) is 10.9. The molecule has 3 aromatic rings. The van der Waals surface area contributed by atoms with Crippen molar-refractivity contribution >= 4 is 33.3 Å². The summed E-state index contributed by atoms with van der Waals surface area (Å²) in [5.74, 6) is 0.193. The van der Waals surface area contributed by atoms with Crippen molar-refractivity contribution < 1.29 is 13.2 Å². The molecule has 29 heavy (non-hydrogen) atoms. The Hall–Kier alpha value is -2.77. The Bertz CT molecular complexity index is 1090. The van der Waals surface area contributed by atoms with Gasteiger partial charge in [-0.1, -0.05) is 49.7 Å². The van der Waals surface area contributed by atoms with Crippen LogP contribution in [0.2, 0.25) is 5.02 Å². The molecule has 6 nitrogen and oxygen atoms in total. The summed E-state index contributed by atoms with van der Waals surface area (Å²) in [7, 11) is -3.75. The summed E-state index contributed by atoms with van der Waals surface area (Å²) in [6.45, 7) is 4.42. The van der Waals surface area contributed by atoms with Crippen molar-refractivity contribution in [1.29, 1.82) is 0 Å². The highest BCUT2D eigenvalue weighted by Gasteiger charge is 2.16. The van der Waals surface area contributed by atoms with Gasteiger partial charge in [0.15, 0.2) is 0 Å². The summed E-state index contributed by atoms with van der Waals surface area (Å²) in [6, 6.07) is 16.9. The number of carbonyl (C=O) groups is 1. The maximum absolute atomic E-state index is 12.6. The molecular formula is C21H22ClN3O3S. The highest BCUT2D eigenvalue weighted by molar-refractivity contribution is 7.92. The molecule has 8 heteroatoms. The molecule has 3 N–H and O–H groups in total. The van der Waals surface area contributed by atoms with E-state index in [1.807, 2.05) is 26.0 Å². The lowest BCUT2D eigenvalue weighted by atomic mass is 10.0. The molecule has 0 aliphatic rings. The van der Waals surface area contributed by atoms with E-state index >= 15 is 0 Å². The number of anilines is 1. The summed E-state index contributed by atoms with van der Waals surface area (Å²) in [4.78, 5) is 15.2. The number of hydrogen-bond donors (Lipinski definition) is 3. The highest BCUT2D eigenvalue weighted by atomic mass is 35.5. The summed E-state index contributed by atoms with van der Waals surface area (Å²) >= 11 is 5.84. The summed E-state index contributed by atoms with van der Waals surface area (Å²) < 4.78 is 27.6. The molecule has 0 unspecified atom stereocenters. The van der Waals surface area contributed by atoms with Crippen LogP contribution in [0.15, 0.2) is 65.6 Å². The number of carbonyl (C=O) groups excluding carboxylic acids is 1. The number of sulfonamides is 1. The van der Waals surface area contributed by atoms with Crippen LogP contribution in [0.3, 0.4) is 0 Å². The molecule has 2 aromatic carbocycles. The summed E-state index contributed by atoms with van der Waals surface area (Å²) in [5.41, 5.74) is 2.22. The molecule has 3 rings (SSSR count). The normalized spacial score (nSPS) is 11.4. The molecule has 0 aliphatic carbocycles. The highest BCUT2D eigenvalue weighted by Crippen LogP contribution is 2.20. The van der Waals surface area contributed by atoms with Gasteiger partial charge in [-0.2, -0.15) is 0 Å². The first-order chi connectivity index (χ1) is 13.7. The number of rotatable bonds is 7. The van der Waals surface area contributed by atoms with Crippen molar-refractivity contribution in [2.24, 2.45) is 0 Å². The van der Waals surface area contributed by atoms with Gasteiger partial charge in [0.05, 0.1) is 4.90 Å². The molecule has 1 aromatic heterocycles. The fourth-order valence-corrected chi connectivity index (χ4v) is 3.85. The summed E-state index contributed by atoms with van der Waals surface area (Å²) in [5, 5.41) is 3.39. The number of H-pyrrole nitrogens is 1. The van der Waals surface area contributed by atoms with Gasteiger partial charge in [0, 0.05) is 11.6 Å². The number of benzene rings is 2. The van der Waals surface area contributed by atoms with Crippen LogP contribution in [-0.2, 0) is 16.6 Å². The van der Waals surface area contributed by atoms with E-state index in [1.54, 1.807) is 36.4 Å². The Morgan fingerprint density at radius 2 is 1.66 bits per heavy atom. The predicted molar refractivity (Wildman–Crippen MR) is 115 cm³/mol. The average molecular weight is 432 g/mol. The zero-order valence-electron chi connectivity index (χ0n) is 16.1. The van der Waals surface area contributed by atoms with Crippen molar-refractivity contribution in [2.75, 3.05) is 4.72 Å². The van der Waals surface area contributed by atoms with Gasteiger partial charge in [0.1, 0.15) is 11.5 Å². The van der Waals surface area contributed by atoms with Gasteiger partial charge >= 0.3 is 0 Å². The average Bonchev–Trinajstić information content (AvgIpc) is 3.15. The van der Waals surface area contributed by atoms with Crippen LogP contribution in [0.5, 0.6) is 0 Å². The third-order valence-corrected chi connectivity index (χ3v) is 6.03. The maximum atomic E-state index is 12.6. The zero-order chi connectivity index (χ0) is 21.0. The Morgan fingerprint density at radius 3 is 2.28 bits per heavy atom. The Balaban J connectivity index is 1.64. The third kappa shape index (κ3) is 5.40. The molecule has 0 radical (unpaired) electrons. The summed E-state index contributed by atoms with van der Waals surface area (Å²) in [6.07, 6.45) is 0. The molecule has 0 fully saturated rings. The van der Waals surface area contributed by atoms with Crippen LogP contribution in [0.1, 0.15) is 41.4 Å². The monoisotopic (exact) mass is 431 g/mol. The number of hydrogen-bond acceptors (Lipinski definition) is 3. The maximum Gasteiger partial charge on any atom is 0.268 e. The first-order valence-electron chi connectivity index (χ1n) is 9.09. The minimum Gasteiger partial charge on any atom is -0.347 e. The van der Waals surface area contributed by atoms with Crippen LogP contribution in [0.25, 0.3) is 0 Å². The lowest BCUT2D eigenvalue weighted by Crippen LogP contribution is -2.23. The fourth-order valence-electron chi connectivity index (χ4n) is 2.70. The minimum atomic E-state index is -3.75. The molecular weight excluding hydrogens is 410 g/mol. The number of aromatic nitrogens is 1. The van der Waals surface area contributed by atoms with Gasteiger partial charge in [-0.3, -0.25) is 9.52 Å². The first kappa shape index (κ1) is 21.0. The van der Waals surface area contributed by atoms with Crippen LogP contribution in [0, 0.1) is 0 Å². The number of halogens is 1. The van der Waals surface area contributed by atoms with E-state index in [0.29, 0.717) is 17.5 Å². The van der Waals surface area contributed by atoms with Crippen LogP contribution >= 0.6 is 11.6 Å². The molecule has 1 heterocycles. The standard InChI is InChI=1S/C21H22ClN3O3S/c1-14(2)16-5-9-18(10-6-16)29(27,28)25-20-12-11-19(24-20)21(26)23-13-15-3-7-17(22)8-4-15/h3-12,14,24-25H,13H2,1-2H3,(H,23,26). The van der Waals surface area contributed by atoms with Gasteiger partial charge in [0.2, 0.25) is 0 Å². The molecule has 0 saturated heterocycles. The van der Waals surface area contributed by atoms with Crippen molar-refractivity contribution in [3.8, 4) is 0 Å². The van der Waals surface area contributed by atoms with Crippen molar-refractivity contribution in [3.63, 3.8) is 0 Å². The topological polar surface area (TPSA) is 91.1 Å². The van der Waals surface area contributed by atoms with Crippen LogP contribution < -0.4 is 10.0 Å². The number of nitrogens with one attached hydrogen (secondary N) is 3. The SMILES string of the molecule is CC(C)c1ccc(S(=O)(=O)Nc2ccc(C(=O)NCc3ccc(Cl)cc3)[nH]2)cc1. The van der Waals surface area contributed by atoms with E-state index in [-0.39, 0.29) is 22.3 Å². The van der Waals surface area contributed by atoms with E-state index in [4.69, 9.17) is 11.6 Å². The molecule has 152 valence electrons. The van der Waals surface area contributed by atoms with E-state index in [0.717, 1.165) is 11.1 Å². The number of amides is 1. The molecule has 0 atom stereocenters. The second kappa shape index (κ2) is 8.71. The van der Waals surface area contributed by atoms with E-state index in [1.165, 1.54) is 12.1 Å². The van der Waals surface area contributed by atoms with Crippen molar-refractivity contribution in [2.45, 2.75) is 31.2 Å². The van der Waals surface area contributed by atoms with Gasteiger partial charge in [0.25, 0.3) is 15.9 Å². The fraction of sp³-hybridized carbons (Fsp3) is 0.190. The Labute approximate surface area is 175 Å². The lowest BCUT2D eigenvalue weighted by Gasteiger charge is -2.09. The van der Waals surface area contributed by atoms with E-state index < -0.39 is 10.0 Å². The zero-order valence-corrected chi connectivity index (χ0v) is 17.6. The molecule has 0 bridgehead atoms. The molecule has 0 spiro atoms. The predicted octanol–water partition coefficient (Wildman–Crippen LogP) is 4.52. The second-order valence-corrected chi connectivity index (χ2v) is 9.04. The van der Waals surface area contributed by atoms with E-state index in [2.05, 4.69) is 15.0 Å². The quantitative estimate of drug-likeness (QED) is 0.513. The van der Waals surface area contributed by atoms with E-state index in [9.17, 15) is 13.2 Å². The second-order valence-electron chi connectivity index (χ2n) is 6.92. The van der Waals surface area contributed by atoms with Gasteiger partial charge in [-0.15, -0.1) is 0 Å². The number of aromatic amines is 1. The molecule has 0 aliphatic heterocycles.